The van der Waals surface area contributed by atoms with Crippen LogP contribution >= 0.6 is 11.3 Å². The van der Waals surface area contributed by atoms with E-state index in [2.05, 4.69) is 4.98 Å². The average Bonchev–Trinajstić information content (AvgIpc) is 2.77. The van der Waals surface area contributed by atoms with Crippen LogP contribution in [0.3, 0.4) is 0 Å². The molecule has 0 radical (unpaired) electrons. The second-order valence-corrected chi connectivity index (χ2v) is 4.97. The molecule has 20 heavy (non-hydrogen) atoms. The Morgan fingerprint density at radius 2 is 2.25 bits per heavy atom. The Hall–Kier alpha value is -2.35. The van der Waals surface area contributed by atoms with Gasteiger partial charge in [-0.3, -0.25) is 14.9 Å². The van der Waals surface area contributed by atoms with Gasteiger partial charge in [-0.1, -0.05) is 6.07 Å². The first-order valence-corrected chi connectivity index (χ1v) is 6.41. The van der Waals surface area contributed by atoms with E-state index >= 15 is 0 Å². The van der Waals surface area contributed by atoms with E-state index in [0.29, 0.717) is 22.7 Å². The van der Waals surface area contributed by atoms with Gasteiger partial charge in [-0.15, -0.1) is 11.3 Å². The number of halogens is 1. The van der Waals surface area contributed by atoms with Crippen LogP contribution in [0, 0.1) is 15.9 Å². The Morgan fingerprint density at radius 3 is 2.90 bits per heavy atom. The predicted molar refractivity (Wildman–Crippen MR) is 69.3 cm³/mol. The monoisotopic (exact) mass is 296 g/mol. The Labute approximate surface area is 116 Å². The zero-order valence-electron chi connectivity index (χ0n) is 10.1. The van der Waals surface area contributed by atoms with Gasteiger partial charge in [-0.05, 0) is 11.6 Å². The number of thiazole rings is 1. The molecule has 2 rings (SSSR count). The number of nitro benzene ring substituents is 1. The van der Waals surface area contributed by atoms with E-state index in [0.717, 1.165) is 12.1 Å². The third kappa shape index (κ3) is 3.35. The molecule has 6 nitrogen and oxygen atoms in total. The summed E-state index contributed by atoms with van der Waals surface area (Å²) in [4.78, 5) is 24.5. The lowest BCUT2D eigenvalue weighted by Crippen LogP contribution is -2.00. The number of aliphatic carboxylic acids is 1. The molecular formula is C12H9FN2O4S. The van der Waals surface area contributed by atoms with Crippen molar-refractivity contribution in [3.8, 4) is 0 Å². The van der Waals surface area contributed by atoms with Crippen LogP contribution in [0.25, 0.3) is 0 Å². The molecule has 1 aromatic carbocycles. The van der Waals surface area contributed by atoms with Crippen molar-refractivity contribution in [2.45, 2.75) is 12.8 Å². The maximum atomic E-state index is 13.2. The lowest BCUT2D eigenvalue weighted by atomic mass is 10.1. The van der Waals surface area contributed by atoms with Gasteiger partial charge in [0.1, 0.15) is 0 Å². The Balaban J connectivity index is 2.17. The van der Waals surface area contributed by atoms with E-state index in [1.54, 1.807) is 5.38 Å². The molecule has 0 fully saturated rings. The summed E-state index contributed by atoms with van der Waals surface area (Å²) in [6, 6.07) is 3.65. The molecule has 0 saturated carbocycles. The number of carbonyl (C=O) groups is 1. The number of benzene rings is 1. The molecule has 0 aliphatic carbocycles. The maximum Gasteiger partial charge on any atom is 0.309 e. The number of nitro groups is 1. The molecule has 0 aliphatic heterocycles. The smallest absolute Gasteiger partial charge is 0.309 e. The largest absolute Gasteiger partial charge is 0.481 e. The van der Waals surface area contributed by atoms with Gasteiger partial charge in [-0.2, -0.15) is 4.39 Å². The maximum absolute atomic E-state index is 13.2. The van der Waals surface area contributed by atoms with Crippen molar-refractivity contribution in [1.82, 2.24) is 4.98 Å². The third-order valence-corrected chi connectivity index (χ3v) is 3.39. The molecule has 1 N–H and O–H groups in total. The molecule has 1 aromatic heterocycles. The predicted octanol–water partition coefficient (Wildman–Crippen LogP) is 2.41. The average molecular weight is 296 g/mol. The van der Waals surface area contributed by atoms with Crippen molar-refractivity contribution >= 4 is 23.0 Å². The minimum atomic E-state index is -0.973. The number of carboxylic acid groups (broad SMARTS) is 1. The lowest BCUT2D eigenvalue weighted by Gasteiger charge is -1.99. The molecule has 0 bridgehead atoms. The van der Waals surface area contributed by atoms with Gasteiger partial charge in [0.15, 0.2) is 0 Å². The number of nitrogens with zero attached hydrogens (tertiary/aromatic N) is 2. The normalized spacial score (nSPS) is 10.4. The fourth-order valence-electron chi connectivity index (χ4n) is 1.65. The summed E-state index contributed by atoms with van der Waals surface area (Å²) in [7, 11) is 0. The van der Waals surface area contributed by atoms with E-state index in [-0.39, 0.29) is 6.42 Å². The van der Waals surface area contributed by atoms with Crippen LogP contribution in [0.5, 0.6) is 0 Å². The highest BCUT2D eigenvalue weighted by molar-refractivity contribution is 7.09. The molecular weight excluding hydrogens is 287 g/mol. The van der Waals surface area contributed by atoms with Gasteiger partial charge >= 0.3 is 11.7 Å². The summed E-state index contributed by atoms with van der Waals surface area (Å²) in [6.07, 6.45) is 0.130. The van der Waals surface area contributed by atoms with Crippen molar-refractivity contribution in [3.05, 3.63) is 55.8 Å². The first-order valence-electron chi connectivity index (χ1n) is 5.53. The van der Waals surface area contributed by atoms with Crippen LogP contribution in [0.4, 0.5) is 10.1 Å². The van der Waals surface area contributed by atoms with Gasteiger partial charge < -0.3 is 5.11 Å². The fraction of sp³-hybridized carbons (Fsp3) is 0.167. The molecule has 0 aliphatic rings. The van der Waals surface area contributed by atoms with Crippen LogP contribution < -0.4 is 0 Å². The molecule has 104 valence electrons. The van der Waals surface area contributed by atoms with Crippen molar-refractivity contribution in [1.29, 1.82) is 0 Å². The summed E-state index contributed by atoms with van der Waals surface area (Å²) in [5, 5.41) is 21.5. The summed E-state index contributed by atoms with van der Waals surface area (Å²) in [5.74, 6) is -1.86. The first-order chi connectivity index (χ1) is 9.45. The highest BCUT2D eigenvalue weighted by atomic mass is 32.1. The van der Waals surface area contributed by atoms with Gasteiger partial charge in [0, 0.05) is 17.9 Å². The van der Waals surface area contributed by atoms with Crippen molar-refractivity contribution in [2.75, 3.05) is 0 Å². The van der Waals surface area contributed by atoms with E-state index in [1.165, 1.54) is 17.4 Å². The highest BCUT2D eigenvalue weighted by Gasteiger charge is 2.15. The number of hydrogen-bond donors (Lipinski definition) is 1. The van der Waals surface area contributed by atoms with Crippen molar-refractivity contribution in [2.24, 2.45) is 0 Å². The quantitative estimate of drug-likeness (QED) is 0.675. The van der Waals surface area contributed by atoms with E-state index in [4.69, 9.17) is 5.11 Å². The van der Waals surface area contributed by atoms with Gasteiger partial charge in [0.25, 0.3) is 0 Å². The second kappa shape index (κ2) is 5.74. The highest BCUT2D eigenvalue weighted by Crippen LogP contribution is 2.21. The minimum Gasteiger partial charge on any atom is -0.481 e. The number of rotatable bonds is 5. The zero-order valence-corrected chi connectivity index (χ0v) is 10.9. The Kier molecular flexibility index (Phi) is 4.04. The molecule has 0 amide bonds. The number of aromatic nitrogens is 1. The van der Waals surface area contributed by atoms with E-state index in [1.807, 2.05) is 0 Å². The van der Waals surface area contributed by atoms with Gasteiger partial charge in [-0.25, -0.2) is 4.98 Å². The second-order valence-electron chi connectivity index (χ2n) is 4.02. The van der Waals surface area contributed by atoms with Crippen LogP contribution in [0.2, 0.25) is 0 Å². The van der Waals surface area contributed by atoms with Crippen molar-refractivity contribution in [3.63, 3.8) is 0 Å². The first kappa shape index (κ1) is 14.1. The molecule has 0 saturated heterocycles. The topological polar surface area (TPSA) is 93.3 Å². The lowest BCUT2D eigenvalue weighted by molar-refractivity contribution is -0.387. The van der Waals surface area contributed by atoms with Crippen LogP contribution in [0.15, 0.2) is 23.6 Å². The van der Waals surface area contributed by atoms with Crippen LogP contribution in [-0.4, -0.2) is 21.0 Å². The van der Waals surface area contributed by atoms with Gasteiger partial charge in [0.05, 0.1) is 22.0 Å². The minimum absolute atomic E-state index is 0.167. The fourth-order valence-corrected chi connectivity index (χ4v) is 2.48. The molecule has 0 unspecified atom stereocenters. The molecule has 1 heterocycles. The SMILES string of the molecule is O=C(O)Cc1csc(Cc2ccc(F)c([N+](=O)[O-])c2)n1. The molecule has 0 spiro atoms. The van der Waals surface area contributed by atoms with E-state index < -0.39 is 22.4 Å². The third-order valence-electron chi connectivity index (χ3n) is 2.49. The molecule has 8 heteroatoms. The standard InChI is InChI=1S/C12H9FN2O4S/c13-9-2-1-7(3-10(9)15(18)19)4-11-14-8(6-20-11)5-12(16)17/h1-3,6H,4-5H2,(H,16,17). The van der Waals surface area contributed by atoms with Gasteiger partial charge in [0.2, 0.25) is 5.82 Å². The number of carboxylic acids is 1. The summed E-state index contributed by atoms with van der Waals surface area (Å²) >= 11 is 1.27. The number of hydrogen-bond acceptors (Lipinski definition) is 5. The Bertz CT molecular complexity index is 671. The van der Waals surface area contributed by atoms with Crippen molar-refractivity contribution < 1.29 is 19.2 Å². The Morgan fingerprint density at radius 1 is 1.50 bits per heavy atom. The zero-order chi connectivity index (χ0) is 14.7. The van der Waals surface area contributed by atoms with E-state index in [9.17, 15) is 19.3 Å². The summed E-state index contributed by atoms with van der Waals surface area (Å²) in [6.45, 7) is 0. The molecule has 2 aromatic rings. The summed E-state index contributed by atoms with van der Waals surface area (Å²) in [5.41, 5.74) is 0.410. The molecule has 0 atom stereocenters. The van der Waals surface area contributed by atoms with Crippen LogP contribution in [-0.2, 0) is 17.6 Å². The van der Waals surface area contributed by atoms with Crippen LogP contribution in [0.1, 0.15) is 16.3 Å². The summed E-state index contributed by atoms with van der Waals surface area (Å²) < 4.78 is 13.2.